The Morgan fingerprint density at radius 1 is 1.09 bits per heavy atom. The Morgan fingerprint density at radius 2 is 1.96 bits per heavy atom. The highest BCUT2D eigenvalue weighted by molar-refractivity contribution is 7.21. The summed E-state index contributed by atoms with van der Waals surface area (Å²) in [7, 11) is 1.66. The normalized spacial score (nSPS) is 11.4. The molecule has 5 heteroatoms. The van der Waals surface area contributed by atoms with Crippen LogP contribution in [0, 0.1) is 6.92 Å². The summed E-state index contributed by atoms with van der Waals surface area (Å²) in [6.45, 7) is 2.54. The Balaban J connectivity index is 1.94. The third-order valence-electron chi connectivity index (χ3n) is 3.66. The van der Waals surface area contributed by atoms with Gasteiger partial charge in [0, 0.05) is 12.7 Å². The van der Waals surface area contributed by atoms with Crippen molar-refractivity contribution in [1.29, 1.82) is 0 Å². The van der Waals surface area contributed by atoms with Crippen molar-refractivity contribution in [3.05, 3.63) is 53.9 Å². The van der Waals surface area contributed by atoms with E-state index in [2.05, 4.69) is 35.1 Å². The second-order valence-corrected chi connectivity index (χ2v) is 6.49. The Labute approximate surface area is 137 Å². The van der Waals surface area contributed by atoms with Crippen LogP contribution in [0.1, 0.15) is 11.3 Å². The Hall–Kier alpha value is -2.37. The average molecular weight is 321 g/mol. The van der Waals surface area contributed by atoms with E-state index in [-0.39, 0.29) is 0 Å². The molecule has 0 amide bonds. The summed E-state index contributed by atoms with van der Waals surface area (Å²) in [5.74, 6) is 0. The van der Waals surface area contributed by atoms with Gasteiger partial charge in [0.2, 0.25) is 0 Å². The molecule has 0 N–H and O–H groups in total. The second-order valence-electron chi connectivity index (χ2n) is 5.46. The third-order valence-corrected chi connectivity index (χ3v) is 4.73. The van der Waals surface area contributed by atoms with Crippen molar-refractivity contribution in [1.82, 2.24) is 15.0 Å². The number of hydrogen-bond acceptors (Lipinski definition) is 5. The summed E-state index contributed by atoms with van der Waals surface area (Å²) in [6.07, 6.45) is 1.78. The van der Waals surface area contributed by atoms with Crippen molar-refractivity contribution in [2.24, 2.45) is 0 Å². The van der Waals surface area contributed by atoms with Gasteiger partial charge in [0.25, 0.3) is 0 Å². The predicted molar refractivity (Wildman–Crippen MR) is 93.6 cm³/mol. The molecule has 0 radical (unpaired) electrons. The van der Waals surface area contributed by atoms with E-state index >= 15 is 0 Å². The topological polar surface area (TPSA) is 47.9 Å². The largest absolute Gasteiger partial charge is 0.378 e. The van der Waals surface area contributed by atoms with E-state index in [4.69, 9.17) is 9.72 Å². The van der Waals surface area contributed by atoms with Crippen molar-refractivity contribution in [3.8, 4) is 10.6 Å². The van der Waals surface area contributed by atoms with Gasteiger partial charge in [-0.15, -0.1) is 11.3 Å². The van der Waals surface area contributed by atoms with Crippen LogP contribution in [0.3, 0.4) is 0 Å². The van der Waals surface area contributed by atoms with Crippen LogP contribution in [0.4, 0.5) is 0 Å². The molecule has 0 fully saturated rings. The summed E-state index contributed by atoms with van der Waals surface area (Å²) >= 11 is 1.68. The smallest absolute Gasteiger partial charge is 0.126 e. The first-order valence-electron chi connectivity index (χ1n) is 7.36. The molecular formula is C18H15N3OS. The number of aryl methyl sites for hydroxylation is 1. The van der Waals surface area contributed by atoms with E-state index in [0.29, 0.717) is 6.61 Å². The quantitative estimate of drug-likeness (QED) is 0.562. The fourth-order valence-corrected chi connectivity index (χ4v) is 3.65. The van der Waals surface area contributed by atoms with E-state index < -0.39 is 0 Å². The van der Waals surface area contributed by atoms with E-state index in [1.54, 1.807) is 24.6 Å². The van der Waals surface area contributed by atoms with Gasteiger partial charge in [0.1, 0.15) is 5.01 Å². The Morgan fingerprint density at radius 3 is 2.78 bits per heavy atom. The molecule has 0 saturated heterocycles. The number of thiazole rings is 1. The first-order chi connectivity index (χ1) is 11.2. The zero-order valence-electron chi connectivity index (χ0n) is 12.9. The number of methoxy groups -OCH3 is 1. The van der Waals surface area contributed by atoms with E-state index in [1.165, 1.54) is 4.70 Å². The Bertz CT molecular complexity index is 977. The van der Waals surface area contributed by atoms with Crippen molar-refractivity contribution >= 4 is 32.6 Å². The number of rotatable bonds is 3. The van der Waals surface area contributed by atoms with Crippen LogP contribution in [0.25, 0.3) is 31.8 Å². The number of aromatic nitrogens is 3. The SMILES string of the molecule is COCc1cnc2c(-c3nc4ccccc4s3)cc(C)cc2n1. The minimum atomic E-state index is 0.466. The molecule has 0 atom stereocenters. The zero-order valence-corrected chi connectivity index (χ0v) is 13.7. The molecule has 4 rings (SSSR count). The Kier molecular flexibility index (Phi) is 3.52. The van der Waals surface area contributed by atoms with Crippen molar-refractivity contribution < 1.29 is 4.74 Å². The molecule has 0 spiro atoms. The minimum absolute atomic E-state index is 0.466. The van der Waals surface area contributed by atoms with Crippen molar-refractivity contribution in [3.63, 3.8) is 0 Å². The maximum Gasteiger partial charge on any atom is 0.126 e. The second kappa shape index (κ2) is 5.68. The summed E-state index contributed by atoms with van der Waals surface area (Å²) in [4.78, 5) is 14.0. The molecule has 23 heavy (non-hydrogen) atoms. The van der Waals surface area contributed by atoms with Gasteiger partial charge >= 0.3 is 0 Å². The van der Waals surface area contributed by atoms with Crippen LogP contribution < -0.4 is 0 Å². The third kappa shape index (κ3) is 2.58. The van der Waals surface area contributed by atoms with Crippen LogP contribution in [0.15, 0.2) is 42.6 Å². The molecule has 0 aliphatic heterocycles. The monoisotopic (exact) mass is 321 g/mol. The highest BCUT2D eigenvalue weighted by atomic mass is 32.1. The summed E-state index contributed by atoms with van der Waals surface area (Å²) in [6, 6.07) is 12.4. The predicted octanol–water partition coefficient (Wildman–Crippen LogP) is 4.36. The number of hydrogen-bond donors (Lipinski definition) is 0. The lowest BCUT2D eigenvalue weighted by atomic mass is 10.1. The molecule has 0 aliphatic rings. The number of para-hydroxylation sites is 1. The summed E-state index contributed by atoms with van der Waals surface area (Å²) < 4.78 is 6.33. The number of fused-ring (bicyclic) bond motifs is 2. The average Bonchev–Trinajstić information content (AvgIpc) is 2.98. The first kappa shape index (κ1) is 14.2. The van der Waals surface area contributed by atoms with Gasteiger partial charge in [-0.3, -0.25) is 4.98 Å². The molecule has 2 aromatic heterocycles. The fourth-order valence-electron chi connectivity index (χ4n) is 2.67. The van der Waals surface area contributed by atoms with Gasteiger partial charge in [-0.2, -0.15) is 0 Å². The fraction of sp³-hybridized carbons (Fsp3) is 0.167. The maximum absolute atomic E-state index is 5.15. The minimum Gasteiger partial charge on any atom is -0.378 e. The molecule has 0 unspecified atom stereocenters. The van der Waals surface area contributed by atoms with Gasteiger partial charge in [-0.25, -0.2) is 9.97 Å². The van der Waals surface area contributed by atoms with Gasteiger partial charge in [-0.1, -0.05) is 12.1 Å². The van der Waals surface area contributed by atoms with Crippen LogP contribution in [0.2, 0.25) is 0 Å². The van der Waals surface area contributed by atoms with Crippen LogP contribution in [-0.2, 0) is 11.3 Å². The highest BCUT2D eigenvalue weighted by Gasteiger charge is 2.12. The summed E-state index contributed by atoms with van der Waals surface area (Å²) in [5, 5.41) is 0.980. The van der Waals surface area contributed by atoms with Gasteiger partial charge < -0.3 is 4.74 Å². The number of benzene rings is 2. The zero-order chi connectivity index (χ0) is 15.8. The molecule has 4 aromatic rings. The van der Waals surface area contributed by atoms with E-state index in [9.17, 15) is 0 Å². The maximum atomic E-state index is 5.15. The lowest BCUT2D eigenvalue weighted by molar-refractivity contribution is 0.181. The lowest BCUT2D eigenvalue weighted by Gasteiger charge is -2.06. The summed E-state index contributed by atoms with van der Waals surface area (Å²) in [5.41, 5.74) is 5.81. The first-order valence-corrected chi connectivity index (χ1v) is 8.17. The van der Waals surface area contributed by atoms with E-state index in [0.717, 1.165) is 38.4 Å². The van der Waals surface area contributed by atoms with Crippen LogP contribution in [0.5, 0.6) is 0 Å². The molecule has 2 aromatic carbocycles. The van der Waals surface area contributed by atoms with Crippen LogP contribution >= 0.6 is 11.3 Å². The standard InChI is InChI=1S/C18H15N3OS/c1-11-7-13(18-21-14-5-3-4-6-16(14)23-18)17-15(8-11)20-12(9-19-17)10-22-2/h3-9H,10H2,1-2H3. The van der Waals surface area contributed by atoms with Crippen molar-refractivity contribution in [2.75, 3.05) is 7.11 Å². The highest BCUT2D eigenvalue weighted by Crippen LogP contribution is 2.34. The molecular weight excluding hydrogens is 306 g/mol. The molecule has 4 nitrogen and oxygen atoms in total. The molecule has 0 aliphatic carbocycles. The van der Waals surface area contributed by atoms with Gasteiger partial charge in [0.05, 0.1) is 39.7 Å². The lowest BCUT2D eigenvalue weighted by Crippen LogP contribution is -1.96. The van der Waals surface area contributed by atoms with Crippen LogP contribution in [-0.4, -0.2) is 22.1 Å². The molecule has 2 heterocycles. The number of ether oxygens (including phenoxy) is 1. The molecule has 114 valence electrons. The number of nitrogens with zero attached hydrogens (tertiary/aromatic N) is 3. The van der Waals surface area contributed by atoms with Gasteiger partial charge in [-0.05, 0) is 36.8 Å². The van der Waals surface area contributed by atoms with Gasteiger partial charge in [0.15, 0.2) is 0 Å². The molecule has 0 bridgehead atoms. The van der Waals surface area contributed by atoms with E-state index in [1.807, 2.05) is 18.2 Å². The van der Waals surface area contributed by atoms with Crippen molar-refractivity contribution in [2.45, 2.75) is 13.5 Å². The molecule has 0 saturated carbocycles.